The topological polar surface area (TPSA) is 23.6 Å². The number of fused-ring (bicyclic) bond motifs is 1. The van der Waals surface area contributed by atoms with Crippen LogP contribution in [0.5, 0.6) is 0 Å². The summed E-state index contributed by atoms with van der Waals surface area (Å²) in [4.78, 5) is 17.5. The molecule has 124 valence electrons. The third-order valence-corrected chi connectivity index (χ3v) is 5.92. The smallest absolute Gasteiger partial charge is 0.227 e. The Balaban J connectivity index is 1.52. The van der Waals surface area contributed by atoms with E-state index in [1.807, 2.05) is 11.0 Å². The standard InChI is InChI=1S/C19H25FN2O/c20-15-8-11-21(12-9-15)19(23)16-13-18(14-5-2-1-3-6-14)22-10-4-7-17(16)22/h1-3,5-6,15-18H,4,7-13H2/t16-,17+,18-/m0/s1. The second-order valence-corrected chi connectivity index (χ2v) is 7.22. The summed E-state index contributed by atoms with van der Waals surface area (Å²) in [5.41, 5.74) is 1.33. The summed E-state index contributed by atoms with van der Waals surface area (Å²) < 4.78 is 13.3. The van der Waals surface area contributed by atoms with Crippen LogP contribution >= 0.6 is 0 Å². The fourth-order valence-corrected chi connectivity index (χ4v) is 4.74. The molecule has 3 atom stereocenters. The molecular formula is C19H25FN2O. The second kappa shape index (κ2) is 6.23. The molecule has 1 aromatic carbocycles. The average molecular weight is 316 g/mol. The third-order valence-electron chi connectivity index (χ3n) is 5.92. The molecule has 1 amide bonds. The molecule has 3 saturated heterocycles. The minimum atomic E-state index is -0.720. The predicted octanol–water partition coefficient (Wildman–Crippen LogP) is 3.17. The highest BCUT2D eigenvalue weighted by Gasteiger charge is 2.48. The molecule has 4 heteroatoms. The maximum absolute atomic E-state index is 13.3. The molecular weight excluding hydrogens is 291 g/mol. The van der Waals surface area contributed by atoms with E-state index in [0.717, 1.165) is 19.4 Å². The zero-order valence-electron chi connectivity index (χ0n) is 13.5. The lowest BCUT2D eigenvalue weighted by Crippen LogP contribution is -2.44. The molecule has 0 N–H and O–H groups in total. The van der Waals surface area contributed by atoms with E-state index in [9.17, 15) is 9.18 Å². The van der Waals surface area contributed by atoms with Crippen LogP contribution in [0.15, 0.2) is 30.3 Å². The van der Waals surface area contributed by atoms with Crippen molar-refractivity contribution in [1.29, 1.82) is 0 Å². The van der Waals surface area contributed by atoms with E-state index in [0.29, 0.717) is 38.0 Å². The van der Waals surface area contributed by atoms with Crippen LogP contribution in [-0.4, -0.2) is 47.6 Å². The predicted molar refractivity (Wildman–Crippen MR) is 87.7 cm³/mol. The van der Waals surface area contributed by atoms with Crippen molar-refractivity contribution in [2.45, 2.75) is 50.4 Å². The van der Waals surface area contributed by atoms with E-state index in [2.05, 4.69) is 29.2 Å². The van der Waals surface area contributed by atoms with Crippen LogP contribution in [0.25, 0.3) is 0 Å². The molecule has 23 heavy (non-hydrogen) atoms. The summed E-state index contributed by atoms with van der Waals surface area (Å²) in [5, 5.41) is 0. The van der Waals surface area contributed by atoms with Gasteiger partial charge in [-0.2, -0.15) is 0 Å². The van der Waals surface area contributed by atoms with Gasteiger partial charge in [0.1, 0.15) is 6.17 Å². The van der Waals surface area contributed by atoms with Gasteiger partial charge in [0, 0.05) is 25.2 Å². The Morgan fingerprint density at radius 2 is 1.78 bits per heavy atom. The Labute approximate surface area is 137 Å². The Morgan fingerprint density at radius 1 is 1.04 bits per heavy atom. The SMILES string of the molecule is O=C([C@H]1C[C@@H](c2ccccc2)N2CCC[C@H]12)N1CCC(F)CC1. The average Bonchev–Trinajstić information content (AvgIpc) is 3.18. The number of carbonyl (C=O) groups is 1. The fourth-order valence-electron chi connectivity index (χ4n) is 4.74. The van der Waals surface area contributed by atoms with Crippen LogP contribution in [0, 0.1) is 5.92 Å². The van der Waals surface area contributed by atoms with E-state index in [1.165, 1.54) is 12.0 Å². The van der Waals surface area contributed by atoms with Gasteiger partial charge in [0.25, 0.3) is 0 Å². The van der Waals surface area contributed by atoms with Crippen molar-refractivity contribution in [2.24, 2.45) is 5.92 Å². The lowest BCUT2D eigenvalue weighted by Gasteiger charge is -2.32. The van der Waals surface area contributed by atoms with Crippen LogP contribution in [0.3, 0.4) is 0 Å². The number of benzene rings is 1. The van der Waals surface area contributed by atoms with Gasteiger partial charge in [-0.05, 0) is 44.2 Å². The number of hydrogen-bond donors (Lipinski definition) is 0. The summed E-state index contributed by atoms with van der Waals surface area (Å²) in [5.74, 6) is 0.367. The number of rotatable bonds is 2. The molecule has 3 aliphatic rings. The summed E-state index contributed by atoms with van der Waals surface area (Å²) in [7, 11) is 0. The van der Waals surface area contributed by atoms with Crippen molar-refractivity contribution in [2.75, 3.05) is 19.6 Å². The quantitative estimate of drug-likeness (QED) is 0.837. The summed E-state index contributed by atoms with van der Waals surface area (Å²) in [6, 6.07) is 11.3. The molecule has 1 aromatic rings. The van der Waals surface area contributed by atoms with Gasteiger partial charge in [-0.1, -0.05) is 30.3 Å². The number of piperidine rings is 1. The van der Waals surface area contributed by atoms with Crippen molar-refractivity contribution in [3.63, 3.8) is 0 Å². The van der Waals surface area contributed by atoms with E-state index in [1.54, 1.807) is 0 Å². The number of hydrogen-bond acceptors (Lipinski definition) is 2. The van der Waals surface area contributed by atoms with E-state index >= 15 is 0 Å². The lowest BCUT2D eigenvalue weighted by molar-refractivity contribution is -0.137. The molecule has 0 aliphatic carbocycles. The van der Waals surface area contributed by atoms with Crippen molar-refractivity contribution in [3.05, 3.63) is 35.9 Å². The first-order valence-corrected chi connectivity index (χ1v) is 8.97. The highest BCUT2D eigenvalue weighted by molar-refractivity contribution is 5.80. The first-order valence-electron chi connectivity index (χ1n) is 8.97. The van der Waals surface area contributed by atoms with E-state index in [4.69, 9.17) is 0 Å². The zero-order valence-corrected chi connectivity index (χ0v) is 13.5. The van der Waals surface area contributed by atoms with Gasteiger partial charge in [0.05, 0.1) is 5.92 Å². The van der Waals surface area contributed by atoms with Gasteiger partial charge in [-0.15, -0.1) is 0 Å². The molecule has 3 heterocycles. The molecule has 3 fully saturated rings. The molecule has 3 aliphatic heterocycles. The maximum Gasteiger partial charge on any atom is 0.227 e. The second-order valence-electron chi connectivity index (χ2n) is 7.22. The van der Waals surface area contributed by atoms with Gasteiger partial charge in [-0.3, -0.25) is 9.69 Å². The van der Waals surface area contributed by atoms with Gasteiger partial charge >= 0.3 is 0 Å². The van der Waals surface area contributed by atoms with Crippen LogP contribution in [-0.2, 0) is 4.79 Å². The van der Waals surface area contributed by atoms with Gasteiger partial charge in [0.15, 0.2) is 0 Å². The van der Waals surface area contributed by atoms with Gasteiger partial charge in [-0.25, -0.2) is 4.39 Å². The molecule has 0 spiro atoms. The van der Waals surface area contributed by atoms with Crippen molar-refractivity contribution in [3.8, 4) is 0 Å². The molecule has 3 nitrogen and oxygen atoms in total. The lowest BCUT2D eigenvalue weighted by atomic mass is 9.92. The summed E-state index contributed by atoms with van der Waals surface area (Å²) in [6.07, 6.45) is 3.53. The fraction of sp³-hybridized carbons (Fsp3) is 0.632. The number of nitrogens with zero attached hydrogens (tertiary/aromatic N) is 2. The number of amides is 1. The van der Waals surface area contributed by atoms with Gasteiger partial charge in [0.2, 0.25) is 5.91 Å². The van der Waals surface area contributed by atoms with E-state index in [-0.39, 0.29) is 11.8 Å². The molecule has 4 rings (SSSR count). The first-order chi connectivity index (χ1) is 11.2. The largest absolute Gasteiger partial charge is 0.342 e. The van der Waals surface area contributed by atoms with Gasteiger partial charge < -0.3 is 4.90 Å². The highest BCUT2D eigenvalue weighted by Crippen LogP contribution is 2.45. The van der Waals surface area contributed by atoms with Crippen LogP contribution in [0.2, 0.25) is 0 Å². The maximum atomic E-state index is 13.3. The molecule has 0 radical (unpaired) electrons. The molecule has 0 bridgehead atoms. The molecule has 0 saturated carbocycles. The van der Waals surface area contributed by atoms with Crippen LogP contribution in [0.1, 0.15) is 43.7 Å². The summed E-state index contributed by atoms with van der Waals surface area (Å²) >= 11 is 0. The van der Waals surface area contributed by atoms with E-state index < -0.39 is 6.17 Å². The summed E-state index contributed by atoms with van der Waals surface area (Å²) in [6.45, 7) is 2.29. The van der Waals surface area contributed by atoms with Crippen molar-refractivity contribution >= 4 is 5.91 Å². The van der Waals surface area contributed by atoms with Crippen molar-refractivity contribution in [1.82, 2.24) is 9.80 Å². The van der Waals surface area contributed by atoms with Crippen molar-refractivity contribution < 1.29 is 9.18 Å². The minimum Gasteiger partial charge on any atom is -0.342 e. The minimum absolute atomic E-state index is 0.0962. The monoisotopic (exact) mass is 316 g/mol. The number of carbonyl (C=O) groups excluding carboxylic acids is 1. The van der Waals surface area contributed by atoms with Crippen LogP contribution < -0.4 is 0 Å². The Bertz CT molecular complexity index is 556. The Morgan fingerprint density at radius 3 is 2.52 bits per heavy atom. The number of halogens is 1. The normalized spacial score (nSPS) is 32.2. The Hall–Kier alpha value is -1.42. The number of likely N-dealkylation sites (tertiary alicyclic amines) is 1. The Kier molecular flexibility index (Phi) is 4.10. The number of alkyl halides is 1. The molecule has 0 aromatic heterocycles. The molecule has 0 unspecified atom stereocenters. The first kappa shape index (κ1) is 15.1. The third kappa shape index (κ3) is 2.78. The highest BCUT2D eigenvalue weighted by atomic mass is 19.1. The van der Waals surface area contributed by atoms with Crippen LogP contribution in [0.4, 0.5) is 4.39 Å². The zero-order chi connectivity index (χ0) is 15.8.